The van der Waals surface area contributed by atoms with Crippen LogP contribution in [0.2, 0.25) is 0 Å². The minimum atomic E-state index is -1.07. The fourth-order valence-electron chi connectivity index (χ4n) is 5.06. The molecule has 2 heterocycles. The number of rotatable bonds is 5. The van der Waals surface area contributed by atoms with Crippen LogP contribution in [0.4, 0.5) is 10.7 Å². The monoisotopic (exact) mass is 475 g/mol. The maximum atomic E-state index is 12.9. The molecule has 1 saturated heterocycles. The maximum Gasteiger partial charge on any atom is 0.414 e. The molecule has 10 heteroatoms. The van der Waals surface area contributed by atoms with Crippen LogP contribution in [0, 0.1) is 5.41 Å². The average Bonchev–Trinajstić information content (AvgIpc) is 3.51. The van der Waals surface area contributed by atoms with Crippen molar-refractivity contribution in [3.05, 3.63) is 65.5 Å². The lowest BCUT2D eigenvalue weighted by Gasteiger charge is -2.28. The number of carboxylic acid groups (broad SMARTS) is 1. The highest BCUT2D eigenvalue weighted by Crippen LogP contribution is 2.44. The molecule has 180 valence electrons. The molecule has 0 bridgehead atoms. The zero-order valence-corrected chi connectivity index (χ0v) is 19.3. The second-order valence-electron chi connectivity index (χ2n) is 9.44. The van der Waals surface area contributed by atoms with Gasteiger partial charge in [-0.2, -0.15) is 4.98 Å². The first-order valence-corrected chi connectivity index (χ1v) is 11.3. The van der Waals surface area contributed by atoms with Gasteiger partial charge in [-0.25, -0.2) is 9.59 Å². The third-order valence-electron chi connectivity index (χ3n) is 6.79. The van der Waals surface area contributed by atoms with Crippen molar-refractivity contribution >= 4 is 23.9 Å². The van der Waals surface area contributed by atoms with Gasteiger partial charge in [-0.05, 0) is 34.1 Å². The third kappa shape index (κ3) is 4.01. The van der Waals surface area contributed by atoms with E-state index in [4.69, 9.17) is 4.74 Å². The summed E-state index contributed by atoms with van der Waals surface area (Å²) >= 11 is 0. The van der Waals surface area contributed by atoms with E-state index < -0.39 is 29.4 Å². The molecule has 0 saturated carbocycles. The van der Waals surface area contributed by atoms with Gasteiger partial charge in [0.25, 0.3) is 11.9 Å². The minimum absolute atomic E-state index is 0.0936. The van der Waals surface area contributed by atoms with E-state index in [0.717, 1.165) is 22.3 Å². The first-order chi connectivity index (χ1) is 16.8. The van der Waals surface area contributed by atoms with E-state index in [9.17, 15) is 19.5 Å². The number of likely N-dealkylation sites (tertiary alicyclic amines) is 1. The van der Waals surface area contributed by atoms with Gasteiger partial charge in [0.05, 0.1) is 0 Å². The number of H-pyrrole nitrogens is 1. The molecule has 2 amide bonds. The van der Waals surface area contributed by atoms with Crippen molar-refractivity contribution in [2.24, 2.45) is 5.41 Å². The quantitative estimate of drug-likeness (QED) is 0.514. The van der Waals surface area contributed by atoms with E-state index in [0.29, 0.717) is 13.0 Å². The van der Waals surface area contributed by atoms with Crippen LogP contribution in [0.1, 0.15) is 47.9 Å². The van der Waals surface area contributed by atoms with Crippen LogP contribution in [0.25, 0.3) is 11.1 Å². The number of aliphatic carboxylic acids is 1. The van der Waals surface area contributed by atoms with E-state index in [1.807, 2.05) is 50.2 Å². The number of nitrogens with zero attached hydrogens (tertiary/aromatic N) is 3. The molecule has 1 aromatic heterocycles. The SMILES string of the molecule is CC1(C)CCN(C(=O)c2nc(NC(=O)OCC3c4ccccc4-c4ccccc43)n[nH]2)C1C(=O)O. The largest absolute Gasteiger partial charge is 0.480 e. The summed E-state index contributed by atoms with van der Waals surface area (Å²) in [7, 11) is 0. The lowest BCUT2D eigenvalue weighted by Crippen LogP contribution is -2.46. The smallest absolute Gasteiger partial charge is 0.414 e. The van der Waals surface area contributed by atoms with Gasteiger partial charge in [0, 0.05) is 12.5 Å². The van der Waals surface area contributed by atoms with Crippen LogP contribution >= 0.6 is 0 Å². The van der Waals surface area contributed by atoms with Crippen LogP contribution in [0.5, 0.6) is 0 Å². The number of aromatic nitrogens is 3. The molecular weight excluding hydrogens is 450 g/mol. The van der Waals surface area contributed by atoms with Crippen molar-refractivity contribution in [3.8, 4) is 11.1 Å². The van der Waals surface area contributed by atoms with E-state index in [1.165, 1.54) is 4.90 Å². The molecule has 2 aliphatic rings. The fraction of sp³-hybridized carbons (Fsp3) is 0.320. The summed E-state index contributed by atoms with van der Waals surface area (Å²) in [5.41, 5.74) is 3.87. The number of nitrogens with one attached hydrogen (secondary N) is 2. The molecule has 35 heavy (non-hydrogen) atoms. The Morgan fingerprint density at radius 2 is 1.74 bits per heavy atom. The van der Waals surface area contributed by atoms with Crippen molar-refractivity contribution in [2.45, 2.75) is 32.2 Å². The number of hydrogen-bond acceptors (Lipinski definition) is 6. The van der Waals surface area contributed by atoms with Gasteiger partial charge < -0.3 is 14.7 Å². The number of hydrogen-bond donors (Lipinski definition) is 3. The summed E-state index contributed by atoms with van der Waals surface area (Å²) < 4.78 is 5.47. The van der Waals surface area contributed by atoms with E-state index in [2.05, 4.69) is 32.6 Å². The number of carboxylic acids is 1. The molecule has 3 aromatic rings. The molecule has 1 atom stereocenters. The number of fused-ring (bicyclic) bond motifs is 3. The van der Waals surface area contributed by atoms with Crippen molar-refractivity contribution in [1.29, 1.82) is 0 Å². The molecule has 2 aromatic carbocycles. The maximum absolute atomic E-state index is 12.9. The Bertz CT molecular complexity index is 1270. The first kappa shape index (κ1) is 22.6. The molecule has 3 N–H and O–H groups in total. The summed E-state index contributed by atoms with van der Waals surface area (Å²) in [4.78, 5) is 42.3. The Morgan fingerprint density at radius 1 is 1.11 bits per heavy atom. The summed E-state index contributed by atoms with van der Waals surface area (Å²) in [6, 6.07) is 15.1. The van der Waals surface area contributed by atoms with Crippen LogP contribution in [0.3, 0.4) is 0 Å². The third-order valence-corrected chi connectivity index (χ3v) is 6.79. The number of carbonyl (C=O) groups excluding carboxylic acids is 2. The number of aromatic amines is 1. The first-order valence-electron chi connectivity index (χ1n) is 11.3. The molecule has 1 aliphatic heterocycles. The molecular formula is C25H25N5O5. The van der Waals surface area contributed by atoms with Gasteiger partial charge in [0.2, 0.25) is 5.82 Å². The van der Waals surface area contributed by atoms with Crippen molar-refractivity contribution in [1.82, 2.24) is 20.1 Å². The Morgan fingerprint density at radius 3 is 2.37 bits per heavy atom. The molecule has 5 rings (SSSR count). The highest BCUT2D eigenvalue weighted by molar-refractivity contribution is 5.95. The Labute approximate surface area is 201 Å². The summed E-state index contributed by atoms with van der Waals surface area (Å²) in [6.07, 6.45) is -0.204. The average molecular weight is 476 g/mol. The Hall–Kier alpha value is -4.21. The Kier molecular flexibility index (Phi) is 5.50. The standard InChI is InChI=1S/C25H25N5O5/c1-25(2)11-12-30(19(25)22(32)33)21(31)20-26-23(29-28-20)27-24(34)35-13-18-16-9-5-3-7-14(16)15-8-4-6-10-17(15)18/h3-10,18-19H,11-13H2,1-2H3,(H,32,33)(H2,26,27,28,29,34). The lowest BCUT2D eigenvalue weighted by molar-refractivity contribution is -0.144. The molecule has 0 radical (unpaired) electrons. The normalized spacial score (nSPS) is 18.1. The van der Waals surface area contributed by atoms with E-state index in [-0.39, 0.29) is 24.3 Å². The number of amides is 2. The highest BCUT2D eigenvalue weighted by Gasteiger charge is 2.48. The van der Waals surface area contributed by atoms with Gasteiger partial charge >= 0.3 is 12.1 Å². The van der Waals surface area contributed by atoms with E-state index >= 15 is 0 Å². The van der Waals surface area contributed by atoms with E-state index in [1.54, 1.807) is 0 Å². The van der Waals surface area contributed by atoms with Crippen molar-refractivity contribution < 1.29 is 24.2 Å². The van der Waals surface area contributed by atoms with Crippen LogP contribution in [0.15, 0.2) is 48.5 Å². The highest BCUT2D eigenvalue weighted by atomic mass is 16.5. The number of carbonyl (C=O) groups is 3. The number of anilines is 1. The Balaban J connectivity index is 1.24. The summed E-state index contributed by atoms with van der Waals surface area (Å²) in [6.45, 7) is 4.03. The molecule has 10 nitrogen and oxygen atoms in total. The van der Waals surface area contributed by atoms with Gasteiger partial charge in [-0.15, -0.1) is 5.10 Å². The van der Waals surface area contributed by atoms with Gasteiger partial charge in [0.1, 0.15) is 12.6 Å². The number of benzene rings is 2. The lowest BCUT2D eigenvalue weighted by atomic mass is 9.85. The zero-order chi connectivity index (χ0) is 24.7. The topological polar surface area (TPSA) is 138 Å². The van der Waals surface area contributed by atoms with Gasteiger partial charge in [-0.1, -0.05) is 62.4 Å². The predicted octanol–water partition coefficient (Wildman–Crippen LogP) is 3.49. The van der Waals surface area contributed by atoms with Crippen LogP contribution in [-0.2, 0) is 9.53 Å². The molecule has 1 unspecified atom stereocenters. The van der Waals surface area contributed by atoms with Gasteiger partial charge in [-0.3, -0.25) is 15.2 Å². The number of ether oxygens (including phenoxy) is 1. The minimum Gasteiger partial charge on any atom is -0.480 e. The summed E-state index contributed by atoms with van der Waals surface area (Å²) in [5, 5.41) is 18.4. The second kappa shape index (κ2) is 8.53. The second-order valence-corrected chi connectivity index (χ2v) is 9.44. The molecule has 0 spiro atoms. The van der Waals surface area contributed by atoms with Crippen LogP contribution in [-0.4, -0.2) is 62.4 Å². The molecule has 1 fully saturated rings. The van der Waals surface area contributed by atoms with Crippen molar-refractivity contribution in [3.63, 3.8) is 0 Å². The summed E-state index contributed by atoms with van der Waals surface area (Å²) in [5.74, 6) is -2.03. The predicted molar refractivity (Wildman–Crippen MR) is 126 cm³/mol. The fourth-order valence-corrected chi connectivity index (χ4v) is 5.06. The molecule has 1 aliphatic carbocycles. The van der Waals surface area contributed by atoms with Gasteiger partial charge in [0.15, 0.2) is 0 Å². The zero-order valence-electron chi connectivity index (χ0n) is 19.3. The van der Waals surface area contributed by atoms with Crippen LogP contribution < -0.4 is 5.32 Å². The van der Waals surface area contributed by atoms with Crippen molar-refractivity contribution in [2.75, 3.05) is 18.5 Å².